The van der Waals surface area contributed by atoms with Crippen LogP contribution in [0.5, 0.6) is 0 Å². The molecule has 0 radical (unpaired) electrons. The molecule has 0 amide bonds. The zero-order valence-corrected chi connectivity index (χ0v) is 22.0. The predicted octanol–water partition coefficient (Wildman–Crippen LogP) is 8.46. The van der Waals surface area contributed by atoms with Gasteiger partial charge in [0.25, 0.3) is 0 Å². The second-order valence-corrected chi connectivity index (χ2v) is 10.3. The van der Waals surface area contributed by atoms with Gasteiger partial charge in [-0.1, -0.05) is 120 Å². The van der Waals surface area contributed by atoms with Gasteiger partial charge in [-0.2, -0.15) is 0 Å². The highest BCUT2D eigenvalue weighted by Crippen LogP contribution is 2.41. The molecule has 184 valence electrons. The molecule has 0 aliphatic heterocycles. The zero-order valence-electron chi connectivity index (χ0n) is 22.0. The second kappa shape index (κ2) is 14.1. The van der Waals surface area contributed by atoms with E-state index in [0.29, 0.717) is 6.04 Å². The van der Waals surface area contributed by atoms with Crippen molar-refractivity contribution in [1.82, 2.24) is 4.57 Å². The Morgan fingerprint density at radius 1 is 0.765 bits per heavy atom. The lowest BCUT2D eigenvalue weighted by atomic mass is 9.70. The molecule has 3 aromatic rings. The van der Waals surface area contributed by atoms with Gasteiger partial charge in [-0.3, -0.25) is 0 Å². The third kappa shape index (κ3) is 7.58. The van der Waals surface area contributed by atoms with Crippen LogP contribution in [0.25, 0.3) is 0 Å². The van der Waals surface area contributed by atoms with Crippen molar-refractivity contribution in [3.63, 3.8) is 0 Å². The number of hydrogen-bond donors (Lipinski definition) is 0. The second-order valence-electron chi connectivity index (χ2n) is 10.3. The van der Waals surface area contributed by atoms with E-state index in [0.717, 1.165) is 13.0 Å². The fourth-order valence-electron chi connectivity index (χ4n) is 5.44. The number of rotatable bonds is 16. The third-order valence-electron chi connectivity index (χ3n) is 7.51. The molecule has 0 bridgehead atoms. The summed E-state index contributed by atoms with van der Waals surface area (Å²) in [6, 6.07) is 22.7. The first-order valence-corrected chi connectivity index (χ1v) is 13.8. The van der Waals surface area contributed by atoms with Gasteiger partial charge < -0.3 is 0 Å². The summed E-state index contributed by atoms with van der Waals surface area (Å²) < 4.78 is 4.95. The molecule has 2 aromatic carbocycles. The van der Waals surface area contributed by atoms with Gasteiger partial charge in [-0.15, -0.1) is 0 Å². The fourth-order valence-corrected chi connectivity index (χ4v) is 5.44. The molecule has 0 N–H and O–H groups in total. The van der Waals surface area contributed by atoms with Crippen LogP contribution in [0.3, 0.4) is 0 Å². The first-order chi connectivity index (χ1) is 16.7. The van der Waals surface area contributed by atoms with E-state index in [9.17, 15) is 0 Å². The summed E-state index contributed by atoms with van der Waals surface area (Å²) in [6.45, 7) is 8.21. The zero-order chi connectivity index (χ0) is 24.1. The molecule has 1 aromatic heterocycles. The molecule has 0 aliphatic carbocycles. The predicted molar refractivity (Wildman–Crippen MR) is 145 cm³/mol. The maximum absolute atomic E-state index is 2.54. The highest BCUT2D eigenvalue weighted by atomic mass is 15.1. The van der Waals surface area contributed by atoms with Crippen LogP contribution in [0.4, 0.5) is 0 Å². The van der Waals surface area contributed by atoms with Crippen LogP contribution in [0, 0.1) is 0 Å². The number of aromatic nitrogens is 2. The SMILES string of the molecule is CCCCCCC[n+]1ccn(C(CCCCCC)C(C)(Cc2ccccc2)c2ccccc2)c1. The summed E-state index contributed by atoms with van der Waals surface area (Å²) in [5.41, 5.74) is 2.88. The summed E-state index contributed by atoms with van der Waals surface area (Å²) in [7, 11) is 0. The molecular weight excluding hydrogens is 412 g/mol. The molecule has 34 heavy (non-hydrogen) atoms. The number of hydrogen-bond acceptors (Lipinski definition) is 0. The van der Waals surface area contributed by atoms with E-state index in [2.05, 4.69) is 109 Å². The first kappa shape index (κ1) is 26.3. The number of benzene rings is 2. The average Bonchev–Trinajstić information content (AvgIpc) is 3.33. The van der Waals surface area contributed by atoms with Crippen LogP contribution < -0.4 is 4.57 Å². The van der Waals surface area contributed by atoms with Crippen LogP contribution in [0.15, 0.2) is 79.4 Å². The highest BCUT2D eigenvalue weighted by Gasteiger charge is 2.40. The minimum absolute atomic E-state index is 0.0206. The van der Waals surface area contributed by atoms with Crippen LogP contribution in [-0.4, -0.2) is 4.57 Å². The molecule has 1 heterocycles. The summed E-state index contributed by atoms with van der Waals surface area (Å²) in [5, 5.41) is 0. The summed E-state index contributed by atoms with van der Waals surface area (Å²) in [4.78, 5) is 0. The van der Waals surface area contributed by atoms with Gasteiger partial charge in [0, 0.05) is 5.41 Å². The van der Waals surface area contributed by atoms with Crippen molar-refractivity contribution < 1.29 is 4.57 Å². The molecule has 0 aliphatic rings. The number of nitrogens with zero attached hydrogens (tertiary/aromatic N) is 2. The van der Waals surface area contributed by atoms with Crippen molar-refractivity contribution in [1.29, 1.82) is 0 Å². The summed E-state index contributed by atoms with van der Waals surface area (Å²) in [5.74, 6) is 0. The summed E-state index contributed by atoms with van der Waals surface area (Å²) in [6.07, 6.45) is 21.1. The highest BCUT2D eigenvalue weighted by molar-refractivity contribution is 5.30. The number of unbranched alkanes of at least 4 members (excludes halogenated alkanes) is 7. The minimum Gasteiger partial charge on any atom is -0.237 e. The third-order valence-corrected chi connectivity index (χ3v) is 7.51. The Labute approximate surface area is 209 Å². The monoisotopic (exact) mass is 459 g/mol. The van der Waals surface area contributed by atoms with E-state index < -0.39 is 0 Å². The molecule has 0 spiro atoms. The van der Waals surface area contributed by atoms with E-state index in [-0.39, 0.29) is 5.41 Å². The fraction of sp³-hybridized carbons (Fsp3) is 0.531. The van der Waals surface area contributed by atoms with Gasteiger partial charge in [0.05, 0.1) is 6.54 Å². The molecule has 0 fully saturated rings. The van der Waals surface area contributed by atoms with E-state index in [1.54, 1.807) is 0 Å². The van der Waals surface area contributed by atoms with Crippen molar-refractivity contribution in [3.05, 3.63) is 90.5 Å². The van der Waals surface area contributed by atoms with Gasteiger partial charge in [0.2, 0.25) is 6.33 Å². The number of aryl methyl sites for hydroxylation is 1. The maximum Gasteiger partial charge on any atom is 0.244 e. The van der Waals surface area contributed by atoms with Gasteiger partial charge >= 0.3 is 0 Å². The van der Waals surface area contributed by atoms with Crippen molar-refractivity contribution in [3.8, 4) is 0 Å². The van der Waals surface area contributed by atoms with Crippen molar-refractivity contribution >= 4 is 0 Å². The van der Waals surface area contributed by atoms with Crippen molar-refractivity contribution in [2.24, 2.45) is 0 Å². The smallest absolute Gasteiger partial charge is 0.237 e. The van der Waals surface area contributed by atoms with Crippen LogP contribution in [0.1, 0.15) is 102 Å². The van der Waals surface area contributed by atoms with Crippen LogP contribution >= 0.6 is 0 Å². The van der Waals surface area contributed by atoms with Crippen LogP contribution in [0.2, 0.25) is 0 Å². The Hall–Kier alpha value is -2.35. The van der Waals surface area contributed by atoms with E-state index in [1.807, 2.05) is 0 Å². The van der Waals surface area contributed by atoms with Gasteiger partial charge in [-0.25, -0.2) is 9.13 Å². The Bertz CT molecular complexity index is 914. The lowest BCUT2D eigenvalue weighted by Gasteiger charge is -2.37. The van der Waals surface area contributed by atoms with E-state index in [4.69, 9.17) is 0 Å². The molecule has 3 rings (SSSR count). The molecule has 2 unspecified atom stereocenters. The molecule has 0 saturated heterocycles. The normalized spacial score (nSPS) is 14.1. The molecule has 2 nitrogen and oxygen atoms in total. The van der Waals surface area contributed by atoms with Crippen molar-refractivity contribution in [2.45, 2.75) is 109 Å². The Kier molecular flexibility index (Phi) is 10.9. The van der Waals surface area contributed by atoms with Crippen molar-refractivity contribution in [2.75, 3.05) is 0 Å². The Balaban J connectivity index is 1.87. The van der Waals surface area contributed by atoms with Gasteiger partial charge in [0.15, 0.2) is 0 Å². The largest absolute Gasteiger partial charge is 0.244 e. The maximum atomic E-state index is 2.54. The lowest BCUT2D eigenvalue weighted by Crippen LogP contribution is -2.38. The van der Waals surface area contributed by atoms with Crippen LogP contribution in [-0.2, 0) is 18.4 Å². The van der Waals surface area contributed by atoms with Gasteiger partial charge in [-0.05, 0) is 43.2 Å². The Morgan fingerprint density at radius 3 is 2.06 bits per heavy atom. The lowest BCUT2D eigenvalue weighted by molar-refractivity contribution is -0.697. The molecule has 0 saturated carbocycles. The molecular formula is C32H47N2+. The topological polar surface area (TPSA) is 8.81 Å². The quantitative estimate of drug-likeness (QED) is 0.150. The average molecular weight is 460 g/mol. The number of imidazole rings is 1. The molecule has 2 heteroatoms. The minimum atomic E-state index is 0.0206. The standard InChI is InChI=1S/C32H47N2/c1-4-6-8-10-18-24-33-25-26-34(28-33)31(23-17-9-7-5-2)32(3,30-21-15-12-16-22-30)27-29-19-13-11-14-20-29/h11-16,19-22,25-26,28,31H,4-10,17-18,23-24,27H2,1-3H3/q+1. The summed E-state index contributed by atoms with van der Waals surface area (Å²) >= 11 is 0. The first-order valence-electron chi connectivity index (χ1n) is 13.8. The van der Waals surface area contributed by atoms with E-state index in [1.165, 1.54) is 75.3 Å². The van der Waals surface area contributed by atoms with Gasteiger partial charge in [0.1, 0.15) is 18.4 Å². The van der Waals surface area contributed by atoms with E-state index >= 15 is 0 Å². The Morgan fingerprint density at radius 2 is 1.38 bits per heavy atom. The molecule has 2 atom stereocenters.